The van der Waals surface area contributed by atoms with E-state index in [2.05, 4.69) is 18.8 Å². The van der Waals surface area contributed by atoms with Gasteiger partial charge in [-0.05, 0) is 30.7 Å². The molecule has 2 rings (SSSR count). The van der Waals surface area contributed by atoms with E-state index in [1.807, 2.05) is 11.0 Å². The zero-order valence-electron chi connectivity index (χ0n) is 11.9. The summed E-state index contributed by atoms with van der Waals surface area (Å²) in [7, 11) is 0. The predicted octanol–water partition coefficient (Wildman–Crippen LogP) is 4.17. The number of carbonyl (C=O) groups excluding carboxylic acids is 1. The van der Waals surface area contributed by atoms with Crippen LogP contribution in [0.1, 0.15) is 38.7 Å². The predicted molar refractivity (Wildman–Crippen MR) is 81.9 cm³/mol. The lowest BCUT2D eigenvalue weighted by molar-refractivity contribution is -0.131. The molecule has 0 spiro atoms. The second-order valence-corrected chi connectivity index (χ2v) is 6.48. The third kappa shape index (κ3) is 3.86. The van der Waals surface area contributed by atoms with Gasteiger partial charge in [-0.15, -0.1) is 0 Å². The van der Waals surface area contributed by atoms with E-state index >= 15 is 0 Å². The van der Waals surface area contributed by atoms with Crippen LogP contribution in [0.5, 0.6) is 0 Å². The van der Waals surface area contributed by atoms with Crippen molar-refractivity contribution in [3.63, 3.8) is 0 Å². The first kappa shape index (κ1) is 15.6. The lowest BCUT2D eigenvalue weighted by Gasteiger charge is -2.22. The highest BCUT2D eigenvalue weighted by Gasteiger charge is 2.24. The minimum Gasteiger partial charge on any atom is -0.338 e. The molecule has 0 saturated carbocycles. The molecule has 20 heavy (non-hydrogen) atoms. The van der Waals surface area contributed by atoms with E-state index in [9.17, 15) is 4.79 Å². The number of likely N-dealkylation sites (tertiary alicyclic amines) is 1. The lowest BCUT2D eigenvalue weighted by Crippen LogP contribution is -2.30. The molecule has 1 unspecified atom stereocenters. The number of carbonyl (C=O) groups is 1. The zero-order chi connectivity index (χ0) is 14.7. The molecule has 1 aromatic rings. The van der Waals surface area contributed by atoms with Gasteiger partial charge in [-0.25, -0.2) is 4.98 Å². The molecule has 0 aliphatic carbocycles. The number of halogens is 2. The highest BCUT2D eigenvalue weighted by atomic mass is 35.5. The normalized spacial score (nSPS) is 20.4. The molecule has 1 fully saturated rings. The number of aromatic nitrogens is 1. The monoisotopic (exact) mass is 314 g/mol. The van der Waals surface area contributed by atoms with E-state index in [0.717, 1.165) is 24.9 Å². The maximum Gasteiger partial charge on any atom is 0.222 e. The van der Waals surface area contributed by atoms with Gasteiger partial charge >= 0.3 is 0 Å². The summed E-state index contributed by atoms with van der Waals surface area (Å²) in [5, 5.41) is 0.760. The Morgan fingerprint density at radius 2 is 2.10 bits per heavy atom. The van der Waals surface area contributed by atoms with Crippen LogP contribution in [0.15, 0.2) is 12.1 Å². The van der Waals surface area contributed by atoms with Crippen molar-refractivity contribution in [2.45, 2.75) is 39.7 Å². The average molecular weight is 315 g/mol. The Morgan fingerprint density at radius 3 is 2.75 bits per heavy atom. The summed E-state index contributed by atoms with van der Waals surface area (Å²) in [5.41, 5.74) is 0.854. The molecule has 5 heteroatoms. The maximum atomic E-state index is 12.2. The molecule has 1 saturated heterocycles. The van der Waals surface area contributed by atoms with Crippen molar-refractivity contribution in [3.8, 4) is 0 Å². The second-order valence-electron chi connectivity index (χ2n) is 5.73. The van der Waals surface area contributed by atoms with Gasteiger partial charge in [0, 0.05) is 25.1 Å². The van der Waals surface area contributed by atoms with E-state index in [1.165, 1.54) is 0 Å². The van der Waals surface area contributed by atoms with Gasteiger partial charge in [0.2, 0.25) is 5.91 Å². The van der Waals surface area contributed by atoms with Gasteiger partial charge in [-0.2, -0.15) is 0 Å². The third-order valence-corrected chi connectivity index (χ3v) is 4.59. The molecule has 3 nitrogen and oxygen atoms in total. The molecule has 1 atom stereocenters. The van der Waals surface area contributed by atoms with Crippen LogP contribution in [0.25, 0.3) is 0 Å². The van der Waals surface area contributed by atoms with Crippen molar-refractivity contribution in [2.24, 2.45) is 11.8 Å². The molecule has 1 amide bonds. The van der Waals surface area contributed by atoms with Crippen LogP contribution < -0.4 is 0 Å². The van der Waals surface area contributed by atoms with Crippen molar-refractivity contribution in [3.05, 3.63) is 28.0 Å². The first-order valence-corrected chi connectivity index (χ1v) is 7.81. The summed E-state index contributed by atoms with van der Waals surface area (Å²) in [4.78, 5) is 18.1. The van der Waals surface area contributed by atoms with Crippen LogP contribution in [0.2, 0.25) is 10.3 Å². The SMILES string of the molecule is CC(C)C1CCC(=O)N(Cc2ccc(Cl)nc2Cl)CC1. The Labute approximate surface area is 130 Å². The zero-order valence-corrected chi connectivity index (χ0v) is 13.4. The number of amides is 1. The minimum absolute atomic E-state index is 0.208. The second kappa shape index (κ2) is 6.77. The van der Waals surface area contributed by atoms with E-state index < -0.39 is 0 Å². The molecule has 110 valence electrons. The van der Waals surface area contributed by atoms with E-state index in [-0.39, 0.29) is 5.91 Å². The summed E-state index contributed by atoms with van der Waals surface area (Å²) in [6.45, 7) is 5.77. The van der Waals surface area contributed by atoms with Gasteiger partial charge in [0.05, 0.1) is 0 Å². The Balaban J connectivity index is 2.06. The Morgan fingerprint density at radius 1 is 1.35 bits per heavy atom. The Hall–Kier alpha value is -0.800. The first-order valence-electron chi connectivity index (χ1n) is 7.06. The van der Waals surface area contributed by atoms with Crippen molar-refractivity contribution in [1.82, 2.24) is 9.88 Å². The van der Waals surface area contributed by atoms with Crippen molar-refractivity contribution >= 4 is 29.1 Å². The molecular weight excluding hydrogens is 295 g/mol. The van der Waals surface area contributed by atoms with Crippen LogP contribution >= 0.6 is 23.2 Å². The fraction of sp³-hybridized carbons (Fsp3) is 0.600. The van der Waals surface area contributed by atoms with Crippen LogP contribution in [-0.4, -0.2) is 22.3 Å². The van der Waals surface area contributed by atoms with Crippen molar-refractivity contribution < 1.29 is 4.79 Å². The highest BCUT2D eigenvalue weighted by Crippen LogP contribution is 2.27. The number of pyridine rings is 1. The summed E-state index contributed by atoms with van der Waals surface area (Å²) in [6, 6.07) is 3.55. The van der Waals surface area contributed by atoms with Gasteiger partial charge in [0.1, 0.15) is 10.3 Å². The van der Waals surface area contributed by atoms with Gasteiger partial charge in [0.15, 0.2) is 0 Å². The number of rotatable bonds is 3. The highest BCUT2D eigenvalue weighted by molar-refractivity contribution is 6.32. The van der Waals surface area contributed by atoms with Crippen LogP contribution in [-0.2, 0) is 11.3 Å². The summed E-state index contributed by atoms with van der Waals surface area (Å²) in [5.74, 6) is 1.46. The lowest BCUT2D eigenvalue weighted by atomic mass is 9.89. The van der Waals surface area contributed by atoms with E-state index in [1.54, 1.807) is 6.07 Å². The summed E-state index contributed by atoms with van der Waals surface area (Å²) < 4.78 is 0. The molecule has 1 aliphatic heterocycles. The molecule has 0 N–H and O–H groups in total. The van der Waals surface area contributed by atoms with Crippen molar-refractivity contribution in [2.75, 3.05) is 6.54 Å². The van der Waals surface area contributed by atoms with Crippen LogP contribution in [0.4, 0.5) is 0 Å². The Kier molecular flexibility index (Phi) is 5.28. The van der Waals surface area contributed by atoms with Gasteiger partial charge in [-0.1, -0.05) is 43.1 Å². The fourth-order valence-electron chi connectivity index (χ4n) is 2.66. The standard InChI is InChI=1S/C15H20Cl2N2O/c1-10(2)11-4-6-14(20)19(8-7-11)9-12-3-5-13(16)18-15(12)17/h3,5,10-11H,4,6-9H2,1-2H3. The molecule has 0 bridgehead atoms. The largest absolute Gasteiger partial charge is 0.338 e. The first-order chi connectivity index (χ1) is 9.47. The molecular formula is C15H20Cl2N2O. The summed E-state index contributed by atoms with van der Waals surface area (Å²) in [6.07, 6.45) is 2.67. The molecule has 1 aromatic heterocycles. The minimum atomic E-state index is 0.208. The summed E-state index contributed by atoms with van der Waals surface area (Å²) >= 11 is 11.9. The topological polar surface area (TPSA) is 33.2 Å². The third-order valence-electron chi connectivity index (χ3n) is 4.05. The number of hydrogen-bond acceptors (Lipinski definition) is 2. The quantitative estimate of drug-likeness (QED) is 0.784. The molecule has 1 aliphatic rings. The molecule has 0 radical (unpaired) electrons. The number of hydrogen-bond donors (Lipinski definition) is 0. The smallest absolute Gasteiger partial charge is 0.222 e. The molecule has 0 aromatic carbocycles. The van der Waals surface area contributed by atoms with Gasteiger partial charge in [0.25, 0.3) is 0 Å². The molecule has 2 heterocycles. The van der Waals surface area contributed by atoms with Crippen LogP contribution in [0.3, 0.4) is 0 Å². The number of nitrogens with zero attached hydrogens (tertiary/aromatic N) is 2. The maximum absolute atomic E-state index is 12.2. The van der Waals surface area contributed by atoms with Crippen LogP contribution in [0, 0.1) is 11.8 Å². The van der Waals surface area contributed by atoms with E-state index in [4.69, 9.17) is 23.2 Å². The Bertz CT molecular complexity index is 491. The van der Waals surface area contributed by atoms with Gasteiger partial charge in [-0.3, -0.25) is 4.79 Å². The fourth-order valence-corrected chi connectivity index (χ4v) is 3.06. The van der Waals surface area contributed by atoms with E-state index in [0.29, 0.717) is 35.1 Å². The van der Waals surface area contributed by atoms with Gasteiger partial charge < -0.3 is 4.90 Å². The average Bonchev–Trinajstić information content (AvgIpc) is 2.56. The van der Waals surface area contributed by atoms with Crippen molar-refractivity contribution in [1.29, 1.82) is 0 Å².